The number of para-hydroxylation sites is 1. The van der Waals surface area contributed by atoms with Crippen molar-refractivity contribution in [3.63, 3.8) is 0 Å². The van der Waals surface area contributed by atoms with Gasteiger partial charge in [-0.15, -0.1) is 0 Å². The average Bonchev–Trinajstić information content (AvgIpc) is 2.31. The van der Waals surface area contributed by atoms with Gasteiger partial charge in [0, 0.05) is 18.7 Å². The van der Waals surface area contributed by atoms with E-state index < -0.39 is 0 Å². The SMILES string of the molecule is CCCc1ccccc1N1CCC(=O)NC1=O. The molecule has 1 saturated heterocycles. The predicted molar refractivity (Wildman–Crippen MR) is 65.9 cm³/mol. The number of hydrogen-bond donors (Lipinski definition) is 1. The van der Waals surface area contributed by atoms with E-state index in [0.29, 0.717) is 13.0 Å². The van der Waals surface area contributed by atoms with Gasteiger partial charge in [0.05, 0.1) is 0 Å². The number of rotatable bonds is 3. The maximum absolute atomic E-state index is 11.8. The molecule has 0 bridgehead atoms. The molecule has 3 amide bonds. The number of imide groups is 1. The van der Waals surface area contributed by atoms with Crippen LogP contribution >= 0.6 is 0 Å². The Hall–Kier alpha value is -1.84. The summed E-state index contributed by atoms with van der Waals surface area (Å²) in [5, 5.41) is 2.35. The van der Waals surface area contributed by atoms with Crippen molar-refractivity contribution < 1.29 is 9.59 Å². The highest BCUT2D eigenvalue weighted by atomic mass is 16.2. The summed E-state index contributed by atoms with van der Waals surface area (Å²) in [4.78, 5) is 24.5. The summed E-state index contributed by atoms with van der Waals surface area (Å²) in [7, 11) is 0. The molecule has 1 aliphatic rings. The molecule has 0 atom stereocenters. The highest BCUT2D eigenvalue weighted by Gasteiger charge is 2.25. The molecule has 0 aromatic heterocycles. The molecular formula is C13H16N2O2. The van der Waals surface area contributed by atoms with Gasteiger partial charge >= 0.3 is 6.03 Å². The van der Waals surface area contributed by atoms with Gasteiger partial charge in [-0.1, -0.05) is 31.5 Å². The number of amides is 3. The molecule has 90 valence electrons. The fraction of sp³-hybridized carbons (Fsp3) is 0.385. The van der Waals surface area contributed by atoms with Crippen molar-refractivity contribution in [1.29, 1.82) is 0 Å². The van der Waals surface area contributed by atoms with Crippen LogP contribution in [0, 0.1) is 0 Å². The number of aryl methyl sites for hydroxylation is 1. The molecule has 2 rings (SSSR count). The third-order valence-electron chi connectivity index (χ3n) is 2.86. The van der Waals surface area contributed by atoms with E-state index in [9.17, 15) is 9.59 Å². The average molecular weight is 232 g/mol. The van der Waals surface area contributed by atoms with E-state index in [1.54, 1.807) is 4.90 Å². The van der Waals surface area contributed by atoms with Crippen molar-refractivity contribution in [2.45, 2.75) is 26.2 Å². The second-order valence-corrected chi connectivity index (χ2v) is 4.13. The minimum Gasteiger partial charge on any atom is -0.293 e. The van der Waals surface area contributed by atoms with Crippen LogP contribution in [0.1, 0.15) is 25.3 Å². The topological polar surface area (TPSA) is 49.4 Å². The van der Waals surface area contributed by atoms with Gasteiger partial charge in [0.25, 0.3) is 0 Å². The molecule has 1 heterocycles. The molecule has 0 saturated carbocycles. The van der Waals surface area contributed by atoms with E-state index in [-0.39, 0.29) is 11.9 Å². The zero-order valence-corrected chi connectivity index (χ0v) is 9.90. The molecule has 1 aromatic rings. The monoisotopic (exact) mass is 232 g/mol. The first-order valence-corrected chi connectivity index (χ1v) is 5.91. The Morgan fingerprint density at radius 3 is 2.76 bits per heavy atom. The molecular weight excluding hydrogens is 216 g/mol. The number of carbonyl (C=O) groups excluding carboxylic acids is 2. The Labute approximate surface area is 101 Å². The molecule has 1 aromatic carbocycles. The van der Waals surface area contributed by atoms with Gasteiger partial charge < -0.3 is 0 Å². The molecule has 0 spiro atoms. The number of nitrogens with zero attached hydrogens (tertiary/aromatic N) is 1. The first kappa shape index (κ1) is 11.6. The molecule has 4 nitrogen and oxygen atoms in total. The maximum atomic E-state index is 11.8. The fourth-order valence-electron chi connectivity index (χ4n) is 2.05. The zero-order chi connectivity index (χ0) is 12.3. The smallest absolute Gasteiger partial charge is 0.293 e. The summed E-state index contributed by atoms with van der Waals surface area (Å²) in [5.41, 5.74) is 2.07. The highest BCUT2D eigenvalue weighted by molar-refractivity contribution is 6.05. The molecule has 4 heteroatoms. The number of carbonyl (C=O) groups is 2. The van der Waals surface area contributed by atoms with Crippen LogP contribution in [-0.2, 0) is 11.2 Å². The lowest BCUT2D eigenvalue weighted by atomic mass is 10.1. The van der Waals surface area contributed by atoms with Crippen LogP contribution in [0.2, 0.25) is 0 Å². The highest BCUT2D eigenvalue weighted by Crippen LogP contribution is 2.23. The number of urea groups is 1. The van der Waals surface area contributed by atoms with E-state index in [0.717, 1.165) is 24.1 Å². The van der Waals surface area contributed by atoms with Crippen LogP contribution in [0.25, 0.3) is 0 Å². The normalized spacial score (nSPS) is 15.9. The summed E-state index contributed by atoms with van der Waals surface area (Å²) in [6, 6.07) is 7.53. The van der Waals surface area contributed by atoms with Crippen LogP contribution in [0.5, 0.6) is 0 Å². The number of hydrogen-bond acceptors (Lipinski definition) is 2. The number of benzene rings is 1. The first-order chi connectivity index (χ1) is 8.22. The minimum absolute atomic E-state index is 0.195. The van der Waals surface area contributed by atoms with Crippen molar-refractivity contribution in [2.75, 3.05) is 11.4 Å². The van der Waals surface area contributed by atoms with Crippen LogP contribution in [0.15, 0.2) is 24.3 Å². The van der Waals surface area contributed by atoms with E-state index in [2.05, 4.69) is 12.2 Å². The van der Waals surface area contributed by atoms with Crippen LogP contribution < -0.4 is 10.2 Å². The summed E-state index contributed by atoms with van der Waals surface area (Å²) in [6.07, 6.45) is 2.34. The predicted octanol–water partition coefficient (Wildman–Crippen LogP) is 2.09. The Morgan fingerprint density at radius 2 is 2.06 bits per heavy atom. The van der Waals surface area contributed by atoms with Crippen molar-refractivity contribution in [1.82, 2.24) is 5.32 Å². The number of anilines is 1. The van der Waals surface area contributed by atoms with Crippen LogP contribution in [0.3, 0.4) is 0 Å². The van der Waals surface area contributed by atoms with Crippen molar-refractivity contribution in [3.05, 3.63) is 29.8 Å². The van der Waals surface area contributed by atoms with Gasteiger partial charge in [-0.25, -0.2) is 4.79 Å². The third-order valence-corrected chi connectivity index (χ3v) is 2.86. The first-order valence-electron chi connectivity index (χ1n) is 5.91. The summed E-state index contributed by atoms with van der Waals surface area (Å²) < 4.78 is 0. The van der Waals surface area contributed by atoms with E-state index in [1.165, 1.54) is 0 Å². The molecule has 17 heavy (non-hydrogen) atoms. The van der Waals surface area contributed by atoms with Crippen LogP contribution in [-0.4, -0.2) is 18.5 Å². The standard InChI is InChI=1S/C13H16N2O2/c1-2-5-10-6-3-4-7-11(10)15-9-8-12(16)14-13(15)17/h3-4,6-7H,2,5,8-9H2,1H3,(H,14,16,17). The summed E-state index contributed by atoms with van der Waals surface area (Å²) >= 11 is 0. The number of nitrogens with one attached hydrogen (secondary N) is 1. The minimum atomic E-state index is -0.315. The summed E-state index contributed by atoms with van der Waals surface area (Å²) in [5.74, 6) is -0.195. The van der Waals surface area contributed by atoms with E-state index >= 15 is 0 Å². The Balaban J connectivity index is 2.27. The van der Waals surface area contributed by atoms with Gasteiger partial charge in [-0.3, -0.25) is 15.0 Å². The van der Waals surface area contributed by atoms with Gasteiger partial charge in [-0.05, 0) is 18.1 Å². The molecule has 0 radical (unpaired) electrons. The van der Waals surface area contributed by atoms with Crippen molar-refractivity contribution in [3.8, 4) is 0 Å². The Morgan fingerprint density at radius 1 is 1.29 bits per heavy atom. The Kier molecular flexibility index (Phi) is 3.42. The molecule has 1 N–H and O–H groups in total. The van der Waals surface area contributed by atoms with Crippen molar-refractivity contribution >= 4 is 17.6 Å². The largest absolute Gasteiger partial charge is 0.328 e. The zero-order valence-electron chi connectivity index (χ0n) is 9.90. The second-order valence-electron chi connectivity index (χ2n) is 4.13. The fourth-order valence-corrected chi connectivity index (χ4v) is 2.05. The van der Waals surface area contributed by atoms with E-state index in [1.807, 2.05) is 24.3 Å². The quantitative estimate of drug-likeness (QED) is 0.867. The lowest BCUT2D eigenvalue weighted by Crippen LogP contribution is -2.49. The van der Waals surface area contributed by atoms with Crippen LogP contribution in [0.4, 0.5) is 10.5 Å². The summed E-state index contributed by atoms with van der Waals surface area (Å²) in [6.45, 7) is 2.57. The third kappa shape index (κ3) is 2.46. The lowest BCUT2D eigenvalue weighted by molar-refractivity contribution is -0.120. The second kappa shape index (κ2) is 4.99. The lowest BCUT2D eigenvalue weighted by Gasteiger charge is -2.28. The molecule has 0 unspecified atom stereocenters. The molecule has 0 aliphatic carbocycles. The molecule has 1 fully saturated rings. The van der Waals surface area contributed by atoms with E-state index in [4.69, 9.17) is 0 Å². The maximum Gasteiger partial charge on any atom is 0.328 e. The Bertz CT molecular complexity index is 443. The molecule has 1 aliphatic heterocycles. The van der Waals surface area contributed by atoms with Crippen molar-refractivity contribution in [2.24, 2.45) is 0 Å². The van der Waals surface area contributed by atoms with Gasteiger partial charge in [0.2, 0.25) is 5.91 Å². The van der Waals surface area contributed by atoms with Gasteiger partial charge in [0.15, 0.2) is 0 Å². The van der Waals surface area contributed by atoms with Gasteiger partial charge in [0.1, 0.15) is 0 Å². The van der Waals surface area contributed by atoms with Gasteiger partial charge in [-0.2, -0.15) is 0 Å².